The summed E-state index contributed by atoms with van der Waals surface area (Å²) in [6.07, 6.45) is 11.5. The normalized spacial score (nSPS) is 25.3. The van der Waals surface area contributed by atoms with Gasteiger partial charge in [-0.25, -0.2) is 0 Å². The molecule has 0 saturated heterocycles. The van der Waals surface area contributed by atoms with Gasteiger partial charge in [-0.1, -0.05) is 56.2 Å². The number of rotatable bonds is 3. The predicted octanol–water partition coefficient (Wildman–Crippen LogP) is 7.57. The molecule has 0 aliphatic heterocycles. The minimum absolute atomic E-state index is 0. The maximum atomic E-state index is 2.61. The fourth-order valence-electron chi connectivity index (χ4n) is 6.38. The number of fused-ring (bicyclic) bond motifs is 2. The van der Waals surface area contributed by atoms with Crippen molar-refractivity contribution in [2.75, 3.05) is 0 Å². The van der Waals surface area contributed by atoms with Crippen molar-refractivity contribution in [3.63, 3.8) is 0 Å². The Morgan fingerprint density at radius 2 is 1.43 bits per heavy atom. The third kappa shape index (κ3) is 2.86. The fourth-order valence-corrected chi connectivity index (χ4v) is 6.38. The van der Waals surface area contributed by atoms with Crippen LogP contribution in [0, 0.1) is 11.3 Å². The van der Waals surface area contributed by atoms with Crippen molar-refractivity contribution in [3.8, 4) is 0 Å². The van der Waals surface area contributed by atoms with Crippen LogP contribution in [0.5, 0.6) is 0 Å². The average Bonchev–Trinajstić information content (AvgIpc) is 3.07. The van der Waals surface area contributed by atoms with Crippen LogP contribution >= 0.6 is 0 Å². The van der Waals surface area contributed by atoms with Crippen LogP contribution in [0.3, 0.4) is 0 Å². The van der Waals surface area contributed by atoms with E-state index in [2.05, 4.69) is 72.8 Å². The summed E-state index contributed by atoms with van der Waals surface area (Å²) in [6.45, 7) is 16.7. The van der Waals surface area contributed by atoms with Gasteiger partial charge in [0.2, 0.25) is 0 Å². The van der Waals surface area contributed by atoms with E-state index in [1.807, 2.05) is 0 Å². The molecule has 0 saturated carbocycles. The Hall–Kier alpha value is -0.690. The van der Waals surface area contributed by atoms with Gasteiger partial charge in [0.15, 0.2) is 0 Å². The van der Waals surface area contributed by atoms with Gasteiger partial charge in [0.1, 0.15) is 0 Å². The van der Waals surface area contributed by atoms with Gasteiger partial charge in [0.25, 0.3) is 0 Å². The molecule has 0 heterocycles. The molecule has 0 aromatic heterocycles. The second-order valence-electron chi connectivity index (χ2n) is 9.94. The van der Waals surface area contributed by atoms with Crippen LogP contribution in [0.2, 0.25) is 0 Å². The largest absolute Gasteiger partial charge is 0.0721 e. The van der Waals surface area contributed by atoms with Crippen LogP contribution in [0.15, 0.2) is 40.5 Å². The Kier molecular flexibility index (Phi) is 5.92. The first-order chi connectivity index (χ1) is 12.7. The summed E-state index contributed by atoms with van der Waals surface area (Å²) in [5.41, 5.74) is 12.6. The predicted molar refractivity (Wildman–Crippen MR) is 118 cm³/mol. The molecule has 0 nitrogen and oxygen atoms in total. The Bertz CT molecular complexity index is 869. The zero-order chi connectivity index (χ0) is 19.6. The molecule has 0 amide bonds. The number of allylic oxidation sites excluding steroid dienone is 5. The van der Waals surface area contributed by atoms with E-state index < -0.39 is 0 Å². The molecule has 4 rings (SSSR count). The molecule has 0 bridgehead atoms. The maximum Gasteiger partial charge on any atom is 0.0272 e. The maximum absolute atomic E-state index is 2.61. The monoisotopic (exact) mass is 540 g/mol. The van der Waals surface area contributed by atoms with Gasteiger partial charge in [0, 0.05) is 36.7 Å². The Morgan fingerprint density at radius 1 is 0.893 bits per heavy atom. The molecule has 28 heavy (non-hydrogen) atoms. The molecule has 3 aliphatic rings. The quantitative estimate of drug-likeness (QED) is 0.348. The minimum Gasteiger partial charge on any atom is -0.0721 e. The van der Waals surface area contributed by atoms with Gasteiger partial charge < -0.3 is 0 Å². The first kappa shape index (κ1) is 22.0. The molecule has 0 N–H and O–H groups in total. The molecule has 1 unspecified atom stereocenters. The molecular weight excluding hydrogens is 503 g/mol. The Labute approximate surface area is 191 Å². The van der Waals surface area contributed by atoms with Gasteiger partial charge in [-0.15, -0.1) is 0 Å². The van der Waals surface area contributed by atoms with E-state index >= 15 is 0 Å². The molecule has 3 aliphatic carbocycles. The smallest absolute Gasteiger partial charge is 0.0272 e. The summed E-state index contributed by atoms with van der Waals surface area (Å²) in [6, 6.07) is 5.14. The molecule has 1 heteroatoms. The summed E-state index contributed by atoms with van der Waals surface area (Å²) in [4.78, 5) is 0. The van der Waals surface area contributed by atoms with E-state index in [0.29, 0.717) is 5.92 Å². The van der Waals surface area contributed by atoms with Crippen LogP contribution in [0.25, 0.3) is 6.08 Å². The zero-order valence-electron chi connectivity index (χ0n) is 18.9. The van der Waals surface area contributed by atoms with E-state index in [4.69, 9.17) is 0 Å². The molecule has 1 aromatic rings. The third-order valence-electron chi connectivity index (χ3n) is 8.35. The van der Waals surface area contributed by atoms with E-state index in [9.17, 15) is 0 Å². The van der Waals surface area contributed by atoms with Gasteiger partial charge >= 0.3 is 0 Å². The van der Waals surface area contributed by atoms with Crippen molar-refractivity contribution in [3.05, 3.63) is 62.8 Å². The standard InChI is InChI=1S/C27H36.Hf/c1-17(2)16-27(26(7)20(5)18(3)19(4)21(26)6)13-12-24-14-22-10-8-9-11-23(22)15-25(24)27;/h12-15,17H,8-11,16H2,1-7H3;. The van der Waals surface area contributed by atoms with E-state index in [1.165, 1.54) is 48.8 Å². The van der Waals surface area contributed by atoms with Crippen molar-refractivity contribution in [1.82, 2.24) is 0 Å². The number of aryl methyl sites for hydroxylation is 2. The first-order valence-corrected chi connectivity index (χ1v) is 10.9. The van der Waals surface area contributed by atoms with Crippen molar-refractivity contribution in [2.24, 2.45) is 11.3 Å². The second kappa shape index (κ2) is 7.53. The fraction of sp³-hybridized carbons (Fsp3) is 0.556. The van der Waals surface area contributed by atoms with Crippen LogP contribution in [0.1, 0.15) is 90.0 Å². The van der Waals surface area contributed by atoms with Crippen LogP contribution in [-0.2, 0) is 44.1 Å². The molecule has 1 atom stereocenters. The first-order valence-electron chi connectivity index (χ1n) is 10.9. The zero-order valence-corrected chi connectivity index (χ0v) is 22.5. The topological polar surface area (TPSA) is 0 Å². The van der Waals surface area contributed by atoms with Gasteiger partial charge in [-0.3, -0.25) is 0 Å². The summed E-state index contributed by atoms with van der Waals surface area (Å²) < 4.78 is 0. The second-order valence-corrected chi connectivity index (χ2v) is 9.94. The number of hydrogen-bond donors (Lipinski definition) is 0. The van der Waals surface area contributed by atoms with Gasteiger partial charge in [-0.2, -0.15) is 0 Å². The molecular formula is C27H36Hf. The van der Waals surface area contributed by atoms with Gasteiger partial charge in [-0.05, 0) is 99.1 Å². The van der Waals surface area contributed by atoms with E-state index in [1.54, 1.807) is 27.8 Å². The summed E-state index contributed by atoms with van der Waals surface area (Å²) in [7, 11) is 0. The summed E-state index contributed by atoms with van der Waals surface area (Å²) in [5, 5.41) is 0. The van der Waals surface area contributed by atoms with Crippen molar-refractivity contribution in [1.29, 1.82) is 0 Å². The SMILES string of the molecule is CC1=C(C)C(C)(C2(CC(C)C)C=Cc3cc4c(cc32)CCCC4)C(C)=C1C.[Hf]. The molecule has 1 aromatic carbocycles. The third-order valence-corrected chi connectivity index (χ3v) is 8.35. The molecule has 0 spiro atoms. The van der Waals surface area contributed by atoms with Crippen LogP contribution in [0.4, 0.5) is 0 Å². The molecule has 0 radical (unpaired) electrons. The Morgan fingerprint density at radius 3 is 1.96 bits per heavy atom. The van der Waals surface area contributed by atoms with Gasteiger partial charge in [0.05, 0.1) is 0 Å². The van der Waals surface area contributed by atoms with Crippen LogP contribution < -0.4 is 0 Å². The van der Waals surface area contributed by atoms with Crippen molar-refractivity contribution < 1.29 is 25.8 Å². The van der Waals surface area contributed by atoms with Crippen molar-refractivity contribution in [2.45, 2.75) is 86.0 Å². The Balaban J connectivity index is 0.00000225. The average molecular weight is 539 g/mol. The molecule has 0 fully saturated rings. The van der Waals surface area contributed by atoms with E-state index in [-0.39, 0.29) is 36.7 Å². The number of hydrogen-bond acceptors (Lipinski definition) is 0. The number of benzene rings is 1. The minimum atomic E-state index is 0. The van der Waals surface area contributed by atoms with E-state index in [0.717, 1.165) is 0 Å². The summed E-state index contributed by atoms with van der Waals surface area (Å²) in [5.74, 6) is 0.662. The van der Waals surface area contributed by atoms with Crippen LogP contribution in [-0.4, -0.2) is 0 Å². The van der Waals surface area contributed by atoms with Crippen molar-refractivity contribution >= 4 is 6.08 Å². The summed E-state index contributed by atoms with van der Waals surface area (Å²) >= 11 is 0. The molecule has 148 valence electrons.